The predicted molar refractivity (Wildman–Crippen MR) is 64.4 cm³/mol. The average molecular weight is 231 g/mol. The van der Waals surface area contributed by atoms with Gasteiger partial charge in [0.05, 0.1) is 5.52 Å². The molecule has 1 aliphatic carbocycles. The van der Waals surface area contributed by atoms with Gasteiger partial charge in [0, 0.05) is 30.5 Å². The number of nitrogens with zero attached hydrogens (tertiary/aromatic N) is 1. The molecule has 2 aromatic rings. The molecule has 1 fully saturated rings. The van der Waals surface area contributed by atoms with Crippen molar-refractivity contribution >= 4 is 16.7 Å². The molecule has 88 valence electrons. The zero-order valence-corrected chi connectivity index (χ0v) is 9.53. The van der Waals surface area contributed by atoms with Crippen LogP contribution in [0.1, 0.15) is 31.7 Å². The Labute approximate surface area is 99.0 Å². The van der Waals surface area contributed by atoms with Gasteiger partial charge in [-0.05, 0) is 31.0 Å². The normalized spacial score (nSPS) is 17.8. The molecule has 3 heteroatoms. The summed E-state index contributed by atoms with van der Waals surface area (Å²) in [5.41, 5.74) is 0.935. The summed E-state index contributed by atoms with van der Waals surface area (Å²) in [6.07, 6.45) is 4.99. The van der Waals surface area contributed by atoms with Crippen LogP contribution in [0.2, 0.25) is 0 Å². The second-order valence-corrected chi connectivity index (χ2v) is 4.67. The third kappa shape index (κ3) is 1.75. The maximum absolute atomic E-state index is 13.6. The summed E-state index contributed by atoms with van der Waals surface area (Å²) in [5.74, 6) is 0.178. The summed E-state index contributed by atoms with van der Waals surface area (Å²) in [7, 11) is 0. The monoisotopic (exact) mass is 231 g/mol. The van der Waals surface area contributed by atoms with Gasteiger partial charge in [-0.1, -0.05) is 6.07 Å². The van der Waals surface area contributed by atoms with E-state index in [0.29, 0.717) is 30.1 Å². The maximum atomic E-state index is 13.6. The molecule has 0 spiro atoms. The summed E-state index contributed by atoms with van der Waals surface area (Å²) >= 11 is 0. The predicted octanol–water partition coefficient (Wildman–Crippen LogP) is 3.46. The molecule has 1 aromatic carbocycles. The number of halogens is 1. The van der Waals surface area contributed by atoms with E-state index in [1.165, 1.54) is 6.07 Å². The smallest absolute Gasteiger partial charge is 0.133 e. The fourth-order valence-corrected chi connectivity index (χ4v) is 2.67. The van der Waals surface area contributed by atoms with Crippen molar-refractivity contribution in [2.75, 3.05) is 0 Å². The van der Waals surface area contributed by atoms with E-state index < -0.39 is 0 Å². The molecule has 0 atom stereocenters. The van der Waals surface area contributed by atoms with Crippen LogP contribution in [0, 0.1) is 5.82 Å². The van der Waals surface area contributed by atoms with Crippen LogP contribution in [0.15, 0.2) is 30.5 Å². The number of aromatic nitrogens is 1. The van der Waals surface area contributed by atoms with E-state index in [0.717, 1.165) is 18.4 Å². The Morgan fingerprint density at radius 3 is 2.71 bits per heavy atom. The first-order valence-corrected chi connectivity index (χ1v) is 6.02. The minimum atomic E-state index is -0.173. The topological polar surface area (TPSA) is 22.0 Å². The van der Waals surface area contributed by atoms with Crippen molar-refractivity contribution in [3.63, 3.8) is 0 Å². The Hall–Kier alpha value is -1.64. The second-order valence-electron chi connectivity index (χ2n) is 4.67. The minimum absolute atomic E-state index is 0.173. The molecule has 17 heavy (non-hydrogen) atoms. The summed E-state index contributed by atoms with van der Waals surface area (Å²) < 4.78 is 15.7. The molecule has 0 bridgehead atoms. The lowest BCUT2D eigenvalue weighted by molar-refractivity contribution is -0.120. The number of rotatable bonds is 1. The molecule has 1 aromatic heterocycles. The fourth-order valence-electron chi connectivity index (χ4n) is 2.67. The summed E-state index contributed by atoms with van der Waals surface area (Å²) in [5, 5.41) is 0.671. The zero-order valence-electron chi connectivity index (χ0n) is 9.53. The van der Waals surface area contributed by atoms with Crippen LogP contribution in [-0.4, -0.2) is 10.4 Å². The molecule has 2 nitrogen and oxygen atoms in total. The number of hydrogen-bond acceptors (Lipinski definition) is 1. The molecule has 1 aliphatic rings. The van der Waals surface area contributed by atoms with Crippen LogP contribution in [0.25, 0.3) is 10.9 Å². The highest BCUT2D eigenvalue weighted by atomic mass is 19.1. The van der Waals surface area contributed by atoms with Gasteiger partial charge in [-0.25, -0.2) is 4.39 Å². The Morgan fingerprint density at radius 1 is 1.18 bits per heavy atom. The van der Waals surface area contributed by atoms with Crippen LogP contribution < -0.4 is 0 Å². The van der Waals surface area contributed by atoms with Crippen molar-refractivity contribution in [2.24, 2.45) is 0 Å². The van der Waals surface area contributed by atoms with E-state index in [-0.39, 0.29) is 5.82 Å². The van der Waals surface area contributed by atoms with Crippen LogP contribution in [0.5, 0.6) is 0 Å². The minimum Gasteiger partial charge on any atom is -0.344 e. The third-order valence-electron chi connectivity index (χ3n) is 3.62. The van der Waals surface area contributed by atoms with Crippen molar-refractivity contribution in [1.29, 1.82) is 0 Å². The number of benzene rings is 1. The second kappa shape index (κ2) is 3.99. The first kappa shape index (κ1) is 10.5. The Balaban J connectivity index is 2.01. The number of fused-ring (bicyclic) bond motifs is 1. The van der Waals surface area contributed by atoms with Gasteiger partial charge in [-0.3, -0.25) is 4.79 Å². The van der Waals surface area contributed by atoms with Crippen molar-refractivity contribution in [2.45, 2.75) is 31.7 Å². The van der Waals surface area contributed by atoms with Crippen molar-refractivity contribution in [3.8, 4) is 0 Å². The first-order valence-electron chi connectivity index (χ1n) is 6.02. The van der Waals surface area contributed by atoms with Crippen LogP contribution >= 0.6 is 0 Å². The third-order valence-corrected chi connectivity index (χ3v) is 3.62. The summed E-state index contributed by atoms with van der Waals surface area (Å²) in [6, 6.07) is 7.32. The molecule has 0 amide bonds. The fraction of sp³-hybridized carbons (Fsp3) is 0.357. The van der Waals surface area contributed by atoms with Crippen LogP contribution in [0.3, 0.4) is 0 Å². The molecule has 0 radical (unpaired) electrons. The van der Waals surface area contributed by atoms with E-state index in [1.54, 1.807) is 6.07 Å². The molecule has 0 saturated heterocycles. The molecular weight excluding hydrogens is 217 g/mol. The molecular formula is C14H14FNO. The van der Waals surface area contributed by atoms with Gasteiger partial charge in [0.25, 0.3) is 0 Å². The van der Waals surface area contributed by atoms with Gasteiger partial charge < -0.3 is 4.57 Å². The van der Waals surface area contributed by atoms with Crippen LogP contribution in [-0.2, 0) is 4.79 Å². The molecule has 0 N–H and O–H groups in total. The Kier molecular flexibility index (Phi) is 2.46. The maximum Gasteiger partial charge on any atom is 0.133 e. The van der Waals surface area contributed by atoms with E-state index in [1.807, 2.05) is 18.3 Å². The molecule has 1 saturated carbocycles. The van der Waals surface area contributed by atoms with Gasteiger partial charge in [0.15, 0.2) is 0 Å². The standard InChI is InChI=1S/C14H14FNO/c15-13-2-1-3-14-12(13)8-9-16(14)10-4-6-11(17)7-5-10/h1-3,8-10H,4-7H2. The highest BCUT2D eigenvalue weighted by Crippen LogP contribution is 2.30. The van der Waals surface area contributed by atoms with Crippen molar-refractivity contribution < 1.29 is 9.18 Å². The highest BCUT2D eigenvalue weighted by Gasteiger charge is 2.21. The molecule has 3 rings (SSSR count). The largest absolute Gasteiger partial charge is 0.344 e. The molecule has 0 unspecified atom stereocenters. The van der Waals surface area contributed by atoms with Gasteiger partial charge in [0.2, 0.25) is 0 Å². The average Bonchev–Trinajstić information content (AvgIpc) is 2.75. The number of Topliss-reactive ketones (excluding diaryl/α,β-unsaturated/α-hetero) is 1. The lowest BCUT2D eigenvalue weighted by atomic mass is 9.94. The Morgan fingerprint density at radius 2 is 1.94 bits per heavy atom. The number of hydrogen-bond donors (Lipinski definition) is 0. The van der Waals surface area contributed by atoms with Crippen molar-refractivity contribution in [1.82, 2.24) is 4.57 Å². The van der Waals surface area contributed by atoms with E-state index in [4.69, 9.17) is 0 Å². The highest BCUT2D eigenvalue weighted by molar-refractivity contribution is 5.81. The summed E-state index contributed by atoms with van der Waals surface area (Å²) in [6.45, 7) is 0. The van der Waals surface area contributed by atoms with Gasteiger partial charge in [0.1, 0.15) is 11.6 Å². The lowest BCUT2D eigenvalue weighted by Crippen LogP contribution is -2.17. The van der Waals surface area contributed by atoms with E-state index in [9.17, 15) is 9.18 Å². The number of carbonyl (C=O) groups is 1. The SMILES string of the molecule is O=C1CCC(n2ccc3c(F)cccc32)CC1. The quantitative estimate of drug-likeness (QED) is 0.736. The van der Waals surface area contributed by atoms with E-state index >= 15 is 0 Å². The first-order chi connectivity index (χ1) is 8.25. The lowest BCUT2D eigenvalue weighted by Gasteiger charge is -2.23. The number of carbonyl (C=O) groups excluding carboxylic acids is 1. The van der Waals surface area contributed by atoms with E-state index in [2.05, 4.69) is 4.57 Å². The van der Waals surface area contributed by atoms with Gasteiger partial charge >= 0.3 is 0 Å². The molecule has 0 aliphatic heterocycles. The van der Waals surface area contributed by atoms with Gasteiger partial charge in [-0.2, -0.15) is 0 Å². The van der Waals surface area contributed by atoms with Gasteiger partial charge in [-0.15, -0.1) is 0 Å². The Bertz CT molecular complexity index is 563. The van der Waals surface area contributed by atoms with Crippen LogP contribution in [0.4, 0.5) is 4.39 Å². The summed E-state index contributed by atoms with van der Waals surface area (Å²) in [4.78, 5) is 11.2. The van der Waals surface area contributed by atoms with Crippen molar-refractivity contribution in [3.05, 3.63) is 36.3 Å². The zero-order chi connectivity index (χ0) is 11.8. The molecule has 1 heterocycles. The number of ketones is 1.